The molecule has 0 aliphatic rings. The molecule has 0 saturated heterocycles. The number of anilines is 1. The van der Waals surface area contributed by atoms with Crippen LogP contribution in [0.1, 0.15) is 21.8 Å². The number of halogens is 1. The Balaban J connectivity index is 0.00000243. The number of aryl methyl sites for hydroxylation is 3. The van der Waals surface area contributed by atoms with Crippen molar-refractivity contribution < 1.29 is 0 Å². The number of thiazole rings is 1. The van der Waals surface area contributed by atoms with Gasteiger partial charge in [-0.3, -0.25) is 0 Å². The van der Waals surface area contributed by atoms with Crippen LogP contribution in [0.25, 0.3) is 0 Å². The van der Waals surface area contributed by atoms with Gasteiger partial charge in [0.05, 0.1) is 17.2 Å². The number of hydrogen-bond donors (Lipinski definition) is 2. The maximum atomic E-state index is 5.95. The van der Waals surface area contributed by atoms with Crippen molar-refractivity contribution in [1.29, 1.82) is 0 Å². The van der Waals surface area contributed by atoms with Gasteiger partial charge in [0.1, 0.15) is 0 Å². The number of nitrogens with one attached hydrogen (secondary N) is 1. The molecule has 0 unspecified atom stereocenters. The summed E-state index contributed by atoms with van der Waals surface area (Å²) in [5, 5.41) is 6.29. The van der Waals surface area contributed by atoms with Gasteiger partial charge in [0.2, 0.25) is 0 Å². The van der Waals surface area contributed by atoms with E-state index in [0.29, 0.717) is 12.5 Å². The van der Waals surface area contributed by atoms with Crippen LogP contribution in [0.5, 0.6) is 0 Å². The van der Waals surface area contributed by atoms with Gasteiger partial charge in [-0.05, 0) is 31.0 Å². The molecular formula is C20H23IN4S. The Morgan fingerprint density at radius 1 is 1.08 bits per heavy atom. The third-order valence-electron chi connectivity index (χ3n) is 3.81. The molecule has 0 saturated carbocycles. The standard InChI is InChI=1S/C20H22N4S.HI/c1-15-7-10-17(11-8-15)24-20(21)22-13-18-14-25-19(23-18)12-9-16-5-3-2-4-6-16;/h2-8,10-11,14H,9,12-13H2,1H3,(H3,21,22,24);1H. The van der Waals surface area contributed by atoms with Gasteiger partial charge in [-0.1, -0.05) is 48.0 Å². The molecule has 0 radical (unpaired) electrons. The number of nitrogens with two attached hydrogens (primary N) is 1. The van der Waals surface area contributed by atoms with Crippen molar-refractivity contribution in [1.82, 2.24) is 4.98 Å². The van der Waals surface area contributed by atoms with Crippen LogP contribution in [-0.4, -0.2) is 10.9 Å². The first-order chi connectivity index (χ1) is 12.2. The summed E-state index contributed by atoms with van der Waals surface area (Å²) in [5.74, 6) is 0.405. The molecule has 0 amide bonds. The average molecular weight is 478 g/mol. The van der Waals surface area contributed by atoms with Crippen LogP contribution in [0.4, 0.5) is 5.69 Å². The molecule has 1 aromatic heterocycles. The van der Waals surface area contributed by atoms with Crippen molar-refractivity contribution in [2.75, 3.05) is 5.32 Å². The first kappa shape index (κ1) is 20.4. The maximum Gasteiger partial charge on any atom is 0.193 e. The van der Waals surface area contributed by atoms with Gasteiger partial charge in [0, 0.05) is 17.5 Å². The zero-order valence-electron chi connectivity index (χ0n) is 14.7. The molecule has 0 bridgehead atoms. The van der Waals surface area contributed by atoms with E-state index in [9.17, 15) is 0 Å². The fourth-order valence-corrected chi connectivity index (χ4v) is 3.21. The second kappa shape index (κ2) is 10.3. The maximum absolute atomic E-state index is 5.95. The molecule has 4 nitrogen and oxygen atoms in total. The van der Waals surface area contributed by atoms with Crippen LogP contribution in [0.2, 0.25) is 0 Å². The predicted molar refractivity (Wildman–Crippen MR) is 122 cm³/mol. The zero-order chi connectivity index (χ0) is 17.5. The van der Waals surface area contributed by atoms with E-state index in [1.165, 1.54) is 11.1 Å². The highest BCUT2D eigenvalue weighted by molar-refractivity contribution is 14.0. The molecule has 0 fully saturated rings. The average Bonchev–Trinajstić information content (AvgIpc) is 3.09. The fraction of sp³-hybridized carbons (Fsp3) is 0.200. The topological polar surface area (TPSA) is 63.3 Å². The first-order valence-electron chi connectivity index (χ1n) is 8.30. The van der Waals surface area contributed by atoms with Crippen LogP contribution in [0, 0.1) is 6.92 Å². The summed E-state index contributed by atoms with van der Waals surface area (Å²) >= 11 is 1.68. The summed E-state index contributed by atoms with van der Waals surface area (Å²) in [6.45, 7) is 2.55. The number of benzene rings is 2. The van der Waals surface area contributed by atoms with Crippen molar-refractivity contribution in [3.63, 3.8) is 0 Å². The number of aromatic nitrogens is 1. The van der Waals surface area contributed by atoms with Crippen molar-refractivity contribution in [3.8, 4) is 0 Å². The number of aliphatic imine (C=N–C) groups is 1. The predicted octanol–water partition coefficient (Wildman–Crippen LogP) is 4.78. The molecule has 1 heterocycles. The van der Waals surface area contributed by atoms with E-state index in [0.717, 1.165) is 29.2 Å². The minimum absolute atomic E-state index is 0. The fourth-order valence-electron chi connectivity index (χ4n) is 2.42. The lowest BCUT2D eigenvalue weighted by molar-refractivity contribution is 0.913. The van der Waals surface area contributed by atoms with Gasteiger partial charge in [0.15, 0.2) is 5.96 Å². The SMILES string of the molecule is Cc1ccc(NC(N)=NCc2csc(CCc3ccccc3)n2)cc1.I. The van der Waals surface area contributed by atoms with Crippen LogP contribution in [0.15, 0.2) is 65.0 Å². The van der Waals surface area contributed by atoms with Crippen molar-refractivity contribution in [2.45, 2.75) is 26.3 Å². The molecule has 2 aromatic carbocycles. The summed E-state index contributed by atoms with van der Waals surface area (Å²) < 4.78 is 0. The largest absolute Gasteiger partial charge is 0.370 e. The second-order valence-corrected chi connectivity index (χ2v) is 6.85. The summed E-state index contributed by atoms with van der Waals surface area (Å²) in [6, 6.07) is 18.5. The van der Waals surface area contributed by atoms with E-state index >= 15 is 0 Å². The molecule has 0 spiro atoms. The Labute approximate surface area is 175 Å². The Kier molecular flexibility index (Phi) is 8.06. The van der Waals surface area contributed by atoms with E-state index in [4.69, 9.17) is 5.73 Å². The first-order valence-corrected chi connectivity index (χ1v) is 9.18. The zero-order valence-corrected chi connectivity index (χ0v) is 17.8. The molecule has 3 rings (SSSR count). The quantitative estimate of drug-likeness (QED) is 0.305. The molecule has 3 N–H and O–H groups in total. The highest BCUT2D eigenvalue weighted by atomic mass is 127. The lowest BCUT2D eigenvalue weighted by atomic mass is 10.1. The number of rotatable bonds is 6. The van der Waals surface area contributed by atoms with E-state index < -0.39 is 0 Å². The van der Waals surface area contributed by atoms with Gasteiger partial charge in [-0.25, -0.2) is 9.98 Å². The van der Waals surface area contributed by atoms with Crippen molar-refractivity contribution in [3.05, 3.63) is 81.8 Å². The Morgan fingerprint density at radius 2 is 1.81 bits per heavy atom. The Morgan fingerprint density at radius 3 is 2.54 bits per heavy atom. The molecular weight excluding hydrogens is 455 g/mol. The van der Waals surface area contributed by atoms with E-state index in [-0.39, 0.29) is 24.0 Å². The van der Waals surface area contributed by atoms with Gasteiger partial charge < -0.3 is 11.1 Å². The van der Waals surface area contributed by atoms with Crippen LogP contribution in [-0.2, 0) is 19.4 Å². The Hall–Kier alpha value is -1.93. The summed E-state index contributed by atoms with van der Waals surface area (Å²) in [4.78, 5) is 9.02. The van der Waals surface area contributed by atoms with Crippen molar-refractivity contribution in [2.24, 2.45) is 10.7 Å². The summed E-state index contributed by atoms with van der Waals surface area (Å²) in [6.07, 6.45) is 1.96. The third-order valence-corrected chi connectivity index (χ3v) is 4.76. The molecule has 0 aliphatic heterocycles. The smallest absolute Gasteiger partial charge is 0.193 e. The lowest BCUT2D eigenvalue weighted by Crippen LogP contribution is -2.22. The lowest BCUT2D eigenvalue weighted by Gasteiger charge is -2.05. The van der Waals surface area contributed by atoms with Crippen LogP contribution < -0.4 is 11.1 Å². The van der Waals surface area contributed by atoms with Crippen LogP contribution in [0.3, 0.4) is 0 Å². The minimum Gasteiger partial charge on any atom is -0.370 e. The van der Waals surface area contributed by atoms with E-state index in [1.54, 1.807) is 11.3 Å². The van der Waals surface area contributed by atoms with Gasteiger partial charge in [-0.2, -0.15) is 0 Å². The van der Waals surface area contributed by atoms with E-state index in [2.05, 4.69) is 51.9 Å². The van der Waals surface area contributed by atoms with Gasteiger partial charge >= 0.3 is 0 Å². The Bertz CT molecular complexity index is 829. The number of guanidine groups is 1. The highest BCUT2D eigenvalue weighted by Gasteiger charge is 2.03. The number of hydrogen-bond acceptors (Lipinski definition) is 3. The third kappa shape index (κ3) is 6.42. The highest BCUT2D eigenvalue weighted by Crippen LogP contribution is 2.14. The molecule has 0 aliphatic carbocycles. The molecule has 6 heteroatoms. The summed E-state index contributed by atoms with van der Waals surface area (Å²) in [5.41, 5.74) is 10.4. The molecule has 136 valence electrons. The monoisotopic (exact) mass is 478 g/mol. The summed E-state index contributed by atoms with van der Waals surface area (Å²) in [7, 11) is 0. The molecule has 0 atom stereocenters. The van der Waals surface area contributed by atoms with Crippen molar-refractivity contribution >= 4 is 47.0 Å². The normalized spacial score (nSPS) is 11.0. The van der Waals surface area contributed by atoms with Crippen LogP contribution >= 0.6 is 35.3 Å². The van der Waals surface area contributed by atoms with Gasteiger partial charge in [0.25, 0.3) is 0 Å². The van der Waals surface area contributed by atoms with Gasteiger partial charge in [-0.15, -0.1) is 35.3 Å². The molecule has 3 aromatic rings. The molecule has 26 heavy (non-hydrogen) atoms. The van der Waals surface area contributed by atoms with E-state index in [1.807, 2.05) is 30.3 Å². The minimum atomic E-state index is 0. The number of nitrogens with zero attached hydrogens (tertiary/aromatic N) is 2. The second-order valence-electron chi connectivity index (χ2n) is 5.91.